The standard InChI is InChI=1S/C13H20N2O3S/c1-14-19(16,17)13-6-2-5-12(8-13)15-9-11-4-3-7-18-10-11/h2,5-6,8,11,14-15H,3-4,7,9-10H2,1H3. The minimum Gasteiger partial charge on any atom is -0.385 e. The number of hydrogen-bond acceptors (Lipinski definition) is 4. The molecule has 0 bridgehead atoms. The average Bonchev–Trinajstić information content (AvgIpc) is 2.46. The molecule has 0 spiro atoms. The van der Waals surface area contributed by atoms with Gasteiger partial charge in [-0.3, -0.25) is 0 Å². The monoisotopic (exact) mass is 284 g/mol. The first-order valence-electron chi connectivity index (χ1n) is 6.47. The first kappa shape index (κ1) is 14.3. The van der Waals surface area contributed by atoms with Gasteiger partial charge in [-0.2, -0.15) is 0 Å². The SMILES string of the molecule is CNS(=O)(=O)c1cccc(NCC2CCCOC2)c1. The highest BCUT2D eigenvalue weighted by Gasteiger charge is 2.14. The molecule has 1 unspecified atom stereocenters. The molecule has 19 heavy (non-hydrogen) atoms. The van der Waals surface area contributed by atoms with Crippen LogP contribution >= 0.6 is 0 Å². The molecule has 0 aliphatic carbocycles. The van der Waals surface area contributed by atoms with Crippen molar-refractivity contribution in [2.75, 3.05) is 32.1 Å². The molecule has 106 valence electrons. The molecule has 0 saturated carbocycles. The van der Waals surface area contributed by atoms with Gasteiger partial charge in [0, 0.05) is 18.8 Å². The molecule has 1 aromatic rings. The smallest absolute Gasteiger partial charge is 0.240 e. The van der Waals surface area contributed by atoms with Crippen molar-refractivity contribution in [2.24, 2.45) is 5.92 Å². The summed E-state index contributed by atoms with van der Waals surface area (Å²) in [6, 6.07) is 6.85. The fourth-order valence-electron chi connectivity index (χ4n) is 2.12. The maximum Gasteiger partial charge on any atom is 0.240 e. The van der Waals surface area contributed by atoms with Gasteiger partial charge < -0.3 is 10.1 Å². The maximum atomic E-state index is 11.7. The van der Waals surface area contributed by atoms with Crippen LogP contribution < -0.4 is 10.0 Å². The Hall–Kier alpha value is -1.11. The maximum absolute atomic E-state index is 11.7. The zero-order valence-electron chi connectivity index (χ0n) is 11.1. The summed E-state index contributed by atoms with van der Waals surface area (Å²) in [6.07, 6.45) is 2.25. The number of sulfonamides is 1. The molecule has 1 aliphatic heterocycles. The van der Waals surface area contributed by atoms with Gasteiger partial charge in [-0.05, 0) is 44.0 Å². The van der Waals surface area contributed by atoms with Crippen molar-refractivity contribution >= 4 is 15.7 Å². The number of benzene rings is 1. The largest absolute Gasteiger partial charge is 0.385 e. The molecule has 2 rings (SSSR count). The molecule has 0 radical (unpaired) electrons. The van der Waals surface area contributed by atoms with Crippen LogP contribution in [0.5, 0.6) is 0 Å². The van der Waals surface area contributed by atoms with Crippen molar-refractivity contribution in [1.82, 2.24) is 4.72 Å². The van der Waals surface area contributed by atoms with Gasteiger partial charge in [-0.25, -0.2) is 13.1 Å². The first-order valence-corrected chi connectivity index (χ1v) is 7.95. The molecule has 1 aromatic carbocycles. The molecular formula is C13H20N2O3S. The van der Waals surface area contributed by atoms with E-state index in [-0.39, 0.29) is 4.90 Å². The van der Waals surface area contributed by atoms with Crippen LogP contribution in [0.2, 0.25) is 0 Å². The van der Waals surface area contributed by atoms with Gasteiger partial charge in [0.2, 0.25) is 10.0 Å². The number of rotatable bonds is 5. The van der Waals surface area contributed by atoms with E-state index in [4.69, 9.17) is 4.74 Å². The van der Waals surface area contributed by atoms with E-state index in [1.807, 2.05) is 6.07 Å². The second kappa shape index (κ2) is 6.36. The molecule has 5 nitrogen and oxygen atoms in total. The highest BCUT2D eigenvalue weighted by atomic mass is 32.2. The topological polar surface area (TPSA) is 67.4 Å². The van der Waals surface area contributed by atoms with Crippen molar-refractivity contribution in [3.63, 3.8) is 0 Å². The Labute approximate surface area is 114 Å². The highest BCUT2D eigenvalue weighted by Crippen LogP contribution is 2.18. The summed E-state index contributed by atoms with van der Waals surface area (Å²) in [5.74, 6) is 0.498. The van der Waals surface area contributed by atoms with E-state index in [1.54, 1.807) is 18.2 Å². The Bertz CT molecular complexity index is 510. The van der Waals surface area contributed by atoms with Gasteiger partial charge in [0.15, 0.2) is 0 Å². The normalized spacial score (nSPS) is 20.2. The lowest BCUT2D eigenvalue weighted by Crippen LogP contribution is -2.24. The van der Waals surface area contributed by atoms with E-state index in [1.165, 1.54) is 7.05 Å². The fourth-order valence-corrected chi connectivity index (χ4v) is 2.90. The number of nitrogens with one attached hydrogen (secondary N) is 2. The van der Waals surface area contributed by atoms with Gasteiger partial charge in [0.05, 0.1) is 11.5 Å². The Morgan fingerprint density at radius 1 is 1.42 bits per heavy atom. The van der Waals surface area contributed by atoms with E-state index in [0.29, 0.717) is 5.92 Å². The molecule has 2 N–H and O–H groups in total. The van der Waals surface area contributed by atoms with E-state index >= 15 is 0 Å². The third kappa shape index (κ3) is 3.92. The molecule has 0 amide bonds. The predicted molar refractivity (Wildman–Crippen MR) is 74.7 cm³/mol. The van der Waals surface area contributed by atoms with Crippen molar-refractivity contribution in [1.29, 1.82) is 0 Å². The highest BCUT2D eigenvalue weighted by molar-refractivity contribution is 7.89. The second-order valence-electron chi connectivity index (χ2n) is 4.70. The van der Waals surface area contributed by atoms with Crippen LogP contribution in [0.1, 0.15) is 12.8 Å². The minimum absolute atomic E-state index is 0.278. The van der Waals surface area contributed by atoms with E-state index in [9.17, 15) is 8.42 Å². The van der Waals surface area contributed by atoms with Crippen LogP contribution in [0.15, 0.2) is 29.2 Å². The lowest BCUT2D eigenvalue weighted by molar-refractivity contribution is 0.0595. The second-order valence-corrected chi connectivity index (χ2v) is 6.59. The third-order valence-electron chi connectivity index (χ3n) is 3.26. The Morgan fingerprint density at radius 2 is 2.26 bits per heavy atom. The molecule has 1 heterocycles. The van der Waals surface area contributed by atoms with Crippen LogP contribution in [-0.2, 0) is 14.8 Å². The molecule has 1 atom stereocenters. The quantitative estimate of drug-likeness (QED) is 0.858. The molecule has 6 heteroatoms. The molecule has 1 fully saturated rings. The van der Waals surface area contributed by atoms with Gasteiger partial charge in [-0.1, -0.05) is 6.07 Å². The minimum atomic E-state index is -3.38. The number of hydrogen-bond donors (Lipinski definition) is 2. The first-order chi connectivity index (χ1) is 9.12. The van der Waals surface area contributed by atoms with E-state index in [0.717, 1.165) is 38.3 Å². The fraction of sp³-hybridized carbons (Fsp3) is 0.538. The Morgan fingerprint density at radius 3 is 2.95 bits per heavy atom. The summed E-state index contributed by atoms with van der Waals surface area (Å²) in [5.41, 5.74) is 0.821. The van der Waals surface area contributed by atoms with E-state index < -0.39 is 10.0 Å². The zero-order valence-corrected chi connectivity index (χ0v) is 11.9. The van der Waals surface area contributed by atoms with Crippen molar-refractivity contribution in [3.8, 4) is 0 Å². The van der Waals surface area contributed by atoms with Gasteiger partial charge in [0.25, 0.3) is 0 Å². The van der Waals surface area contributed by atoms with Crippen LogP contribution in [0.25, 0.3) is 0 Å². The number of anilines is 1. The predicted octanol–water partition coefficient (Wildman–Crippen LogP) is 1.43. The van der Waals surface area contributed by atoms with Crippen molar-refractivity contribution in [2.45, 2.75) is 17.7 Å². The Kier molecular flexibility index (Phi) is 4.79. The average molecular weight is 284 g/mol. The van der Waals surface area contributed by atoms with Crippen LogP contribution in [0.3, 0.4) is 0 Å². The van der Waals surface area contributed by atoms with Crippen LogP contribution in [0, 0.1) is 5.92 Å². The van der Waals surface area contributed by atoms with Gasteiger partial charge >= 0.3 is 0 Å². The summed E-state index contributed by atoms with van der Waals surface area (Å²) >= 11 is 0. The van der Waals surface area contributed by atoms with Crippen LogP contribution in [-0.4, -0.2) is 35.2 Å². The number of ether oxygens (including phenoxy) is 1. The van der Waals surface area contributed by atoms with Gasteiger partial charge in [0.1, 0.15) is 0 Å². The zero-order chi connectivity index (χ0) is 13.7. The molecular weight excluding hydrogens is 264 g/mol. The lowest BCUT2D eigenvalue weighted by Gasteiger charge is -2.22. The van der Waals surface area contributed by atoms with Crippen molar-refractivity contribution in [3.05, 3.63) is 24.3 Å². The van der Waals surface area contributed by atoms with Gasteiger partial charge in [-0.15, -0.1) is 0 Å². The summed E-state index contributed by atoms with van der Waals surface area (Å²) in [5, 5.41) is 3.28. The summed E-state index contributed by atoms with van der Waals surface area (Å²) < 4.78 is 31.1. The summed E-state index contributed by atoms with van der Waals surface area (Å²) in [7, 11) is -1.97. The summed E-state index contributed by atoms with van der Waals surface area (Å²) in [4.78, 5) is 0.278. The molecule has 1 aliphatic rings. The molecule has 0 aromatic heterocycles. The third-order valence-corrected chi connectivity index (χ3v) is 4.67. The summed E-state index contributed by atoms with van der Waals surface area (Å²) in [6.45, 7) is 2.44. The van der Waals surface area contributed by atoms with Crippen molar-refractivity contribution < 1.29 is 13.2 Å². The lowest BCUT2D eigenvalue weighted by atomic mass is 10.0. The molecule has 1 saturated heterocycles. The van der Waals surface area contributed by atoms with E-state index in [2.05, 4.69) is 10.0 Å². The Balaban J connectivity index is 1.99. The van der Waals surface area contributed by atoms with Crippen LogP contribution in [0.4, 0.5) is 5.69 Å².